The first-order valence-corrected chi connectivity index (χ1v) is 8.72. The van der Waals surface area contributed by atoms with Crippen LogP contribution in [-0.2, 0) is 16.0 Å². The Morgan fingerprint density at radius 1 is 0.923 bits per heavy atom. The molecule has 0 aromatic heterocycles. The fraction of sp³-hybridized carbons (Fsp3) is 0.300. The highest BCUT2D eigenvalue weighted by Gasteiger charge is 2.56. The Kier molecular flexibility index (Phi) is 4.03. The van der Waals surface area contributed by atoms with Crippen molar-refractivity contribution in [3.05, 3.63) is 48.0 Å². The van der Waals surface area contributed by atoms with E-state index >= 15 is 0 Å². The molecule has 0 saturated heterocycles. The van der Waals surface area contributed by atoms with Crippen molar-refractivity contribution < 1.29 is 19.1 Å². The number of benzene rings is 2. The molecule has 2 aromatic carbocycles. The molecule has 6 nitrogen and oxygen atoms in total. The Morgan fingerprint density at radius 3 is 2.19 bits per heavy atom. The second-order valence-electron chi connectivity index (χ2n) is 6.61. The van der Waals surface area contributed by atoms with Crippen LogP contribution < -0.4 is 20.1 Å². The molecule has 26 heavy (non-hydrogen) atoms. The molecule has 134 valence electrons. The van der Waals surface area contributed by atoms with Crippen molar-refractivity contribution in [2.45, 2.75) is 26.2 Å². The fourth-order valence-corrected chi connectivity index (χ4v) is 2.98. The second-order valence-corrected chi connectivity index (χ2v) is 6.61. The zero-order valence-corrected chi connectivity index (χ0v) is 14.5. The third-order valence-corrected chi connectivity index (χ3v) is 4.87. The Labute approximate surface area is 151 Å². The number of carbonyl (C=O) groups is 2. The highest BCUT2D eigenvalue weighted by Crippen LogP contribution is 2.48. The number of ether oxygens (including phenoxy) is 2. The van der Waals surface area contributed by atoms with Crippen molar-refractivity contribution in [3.8, 4) is 11.5 Å². The second kappa shape index (κ2) is 6.37. The van der Waals surface area contributed by atoms with Gasteiger partial charge in [-0.1, -0.05) is 19.1 Å². The van der Waals surface area contributed by atoms with Crippen molar-refractivity contribution in [1.82, 2.24) is 0 Å². The van der Waals surface area contributed by atoms with E-state index in [0.717, 1.165) is 6.42 Å². The van der Waals surface area contributed by atoms with Crippen LogP contribution in [0.2, 0.25) is 0 Å². The first-order chi connectivity index (χ1) is 12.6. The van der Waals surface area contributed by atoms with Crippen LogP contribution in [0.5, 0.6) is 11.5 Å². The topological polar surface area (TPSA) is 76.7 Å². The SMILES string of the molecule is CCc1ccc(NC(=O)C2(C(=O)Nc3ccc4c(c3)OCO4)CC2)cc1. The number of fused-ring (bicyclic) bond motifs is 1. The monoisotopic (exact) mass is 352 g/mol. The van der Waals surface area contributed by atoms with Crippen molar-refractivity contribution in [2.75, 3.05) is 17.4 Å². The molecule has 1 aliphatic heterocycles. The minimum atomic E-state index is -1.00. The number of anilines is 2. The summed E-state index contributed by atoms with van der Waals surface area (Å²) in [5.74, 6) is 0.685. The normalized spacial score (nSPS) is 16.0. The van der Waals surface area contributed by atoms with Gasteiger partial charge < -0.3 is 20.1 Å². The molecular formula is C20H20N2O4. The zero-order chi connectivity index (χ0) is 18.1. The number of carbonyl (C=O) groups excluding carboxylic acids is 2. The summed E-state index contributed by atoms with van der Waals surface area (Å²) in [6.07, 6.45) is 2.03. The van der Waals surface area contributed by atoms with Gasteiger partial charge in [-0.25, -0.2) is 0 Å². The zero-order valence-electron chi connectivity index (χ0n) is 14.5. The van der Waals surface area contributed by atoms with Gasteiger partial charge in [0.25, 0.3) is 0 Å². The third kappa shape index (κ3) is 2.98. The largest absolute Gasteiger partial charge is 0.454 e. The standard InChI is InChI=1S/C20H20N2O4/c1-2-13-3-5-14(6-4-13)21-18(23)20(9-10-20)19(24)22-15-7-8-16-17(11-15)26-12-25-16/h3-8,11H,2,9-10,12H2,1H3,(H,21,23)(H,22,24). The van der Waals surface area contributed by atoms with Gasteiger partial charge in [0.2, 0.25) is 18.6 Å². The van der Waals surface area contributed by atoms with Gasteiger partial charge in [0, 0.05) is 17.4 Å². The van der Waals surface area contributed by atoms with Gasteiger partial charge in [-0.05, 0) is 49.1 Å². The van der Waals surface area contributed by atoms with E-state index in [0.29, 0.717) is 35.7 Å². The van der Waals surface area contributed by atoms with E-state index in [1.165, 1.54) is 5.56 Å². The highest BCUT2D eigenvalue weighted by molar-refractivity contribution is 6.16. The van der Waals surface area contributed by atoms with E-state index in [1.54, 1.807) is 18.2 Å². The fourth-order valence-electron chi connectivity index (χ4n) is 2.98. The van der Waals surface area contributed by atoms with Crippen LogP contribution in [-0.4, -0.2) is 18.6 Å². The molecule has 2 aliphatic rings. The average molecular weight is 352 g/mol. The number of rotatable bonds is 5. The summed E-state index contributed by atoms with van der Waals surface area (Å²) in [6, 6.07) is 12.9. The first kappa shape index (κ1) is 16.4. The molecule has 1 saturated carbocycles. The molecule has 0 atom stereocenters. The maximum absolute atomic E-state index is 12.7. The molecular weight excluding hydrogens is 332 g/mol. The minimum absolute atomic E-state index is 0.176. The molecule has 0 bridgehead atoms. The van der Waals surface area contributed by atoms with Crippen molar-refractivity contribution in [2.24, 2.45) is 5.41 Å². The van der Waals surface area contributed by atoms with Crippen LogP contribution in [0, 0.1) is 5.41 Å². The third-order valence-electron chi connectivity index (χ3n) is 4.87. The van der Waals surface area contributed by atoms with Crippen LogP contribution in [0.1, 0.15) is 25.3 Å². The highest BCUT2D eigenvalue weighted by atomic mass is 16.7. The molecule has 0 radical (unpaired) electrons. The number of hydrogen-bond donors (Lipinski definition) is 2. The Morgan fingerprint density at radius 2 is 1.54 bits per heavy atom. The molecule has 1 fully saturated rings. The van der Waals surface area contributed by atoms with Crippen LogP contribution in [0.3, 0.4) is 0 Å². The first-order valence-electron chi connectivity index (χ1n) is 8.72. The minimum Gasteiger partial charge on any atom is -0.454 e. The van der Waals surface area contributed by atoms with Crippen LogP contribution in [0.25, 0.3) is 0 Å². The molecule has 4 rings (SSSR count). The predicted molar refractivity (Wildman–Crippen MR) is 97.3 cm³/mol. The lowest BCUT2D eigenvalue weighted by atomic mass is 10.0. The molecule has 0 unspecified atom stereocenters. The van der Waals surface area contributed by atoms with Gasteiger partial charge in [-0.15, -0.1) is 0 Å². The molecule has 6 heteroatoms. The Hall–Kier alpha value is -3.02. The summed E-state index contributed by atoms with van der Waals surface area (Å²) in [5.41, 5.74) is 1.49. The molecule has 2 amide bonds. The van der Waals surface area contributed by atoms with Crippen molar-refractivity contribution >= 4 is 23.2 Å². The van der Waals surface area contributed by atoms with Crippen molar-refractivity contribution in [3.63, 3.8) is 0 Å². The number of hydrogen-bond acceptors (Lipinski definition) is 4. The van der Waals surface area contributed by atoms with Crippen molar-refractivity contribution in [1.29, 1.82) is 0 Å². The lowest BCUT2D eigenvalue weighted by Gasteiger charge is -2.16. The number of amides is 2. The van der Waals surface area contributed by atoms with Crippen LogP contribution >= 0.6 is 0 Å². The summed E-state index contributed by atoms with van der Waals surface area (Å²) < 4.78 is 10.6. The summed E-state index contributed by atoms with van der Waals surface area (Å²) in [4.78, 5) is 25.3. The van der Waals surface area contributed by atoms with Gasteiger partial charge in [-0.2, -0.15) is 0 Å². The van der Waals surface area contributed by atoms with Gasteiger partial charge >= 0.3 is 0 Å². The van der Waals surface area contributed by atoms with E-state index in [1.807, 2.05) is 24.3 Å². The van der Waals surface area contributed by atoms with Gasteiger partial charge in [0.15, 0.2) is 11.5 Å². The quantitative estimate of drug-likeness (QED) is 0.809. The van der Waals surface area contributed by atoms with Gasteiger partial charge in [0.1, 0.15) is 5.41 Å². The van der Waals surface area contributed by atoms with E-state index in [9.17, 15) is 9.59 Å². The molecule has 1 heterocycles. The van der Waals surface area contributed by atoms with E-state index in [4.69, 9.17) is 9.47 Å². The maximum atomic E-state index is 12.7. The smallest absolute Gasteiger partial charge is 0.240 e. The Balaban J connectivity index is 1.43. The summed E-state index contributed by atoms with van der Waals surface area (Å²) in [6.45, 7) is 2.25. The lowest BCUT2D eigenvalue weighted by molar-refractivity contribution is -0.131. The lowest BCUT2D eigenvalue weighted by Crippen LogP contribution is -2.35. The Bertz CT molecular complexity index is 857. The average Bonchev–Trinajstić information content (AvgIpc) is 3.35. The molecule has 2 N–H and O–H groups in total. The van der Waals surface area contributed by atoms with Crippen LogP contribution in [0.15, 0.2) is 42.5 Å². The number of nitrogens with one attached hydrogen (secondary N) is 2. The summed E-state index contributed by atoms with van der Waals surface area (Å²) in [7, 11) is 0. The van der Waals surface area contributed by atoms with Crippen LogP contribution in [0.4, 0.5) is 11.4 Å². The van der Waals surface area contributed by atoms with E-state index < -0.39 is 5.41 Å². The number of aryl methyl sites for hydroxylation is 1. The molecule has 2 aromatic rings. The summed E-state index contributed by atoms with van der Waals surface area (Å²) in [5, 5.41) is 5.68. The van der Waals surface area contributed by atoms with Gasteiger partial charge in [-0.3, -0.25) is 9.59 Å². The van der Waals surface area contributed by atoms with Gasteiger partial charge in [0.05, 0.1) is 0 Å². The predicted octanol–water partition coefficient (Wildman–Crippen LogP) is 3.34. The van der Waals surface area contributed by atoms with E-state index in [-0.39, 0.29) is 18.6 Å². The molecule has 1 aliphatic carbocycles. The maximum Gasteiger partial charge on any atom is 0.240 e. The molecule has 0 spiro atoms. The van der Waals surface area contributed by atoms with E-state index in [2.05, 4.69) is 17.6 Å². The summed E-state index contributed by atoms with van der Waals surface area (Å²) >= 11 is 0.